The molecule has 7 atom stereocenters. The van der Waals surface area contributed by atoms with Gasteiger partial charge < -0.3 is 111 Å². The van der Waals surface area contributed by atoms with Gasteiger partial charge in [0.05, 0.1) is 6.04 Å². The highest BCUT2D eigenvalue weighted by molar-refractivity contribution is 5.95. The Kier molecular flexibility index (Phi) is 38.7. The summed E-state index contributed by atoms with van der Waals surface area (Å²) in [5, 5.41) is 23.0. The van der Waals surface area contributed by atoms with Gasteiger partial charge in [0.25, 0.3) is 0 Å². The Morgan fingerprint density at radius 1 is 0.330 bits per heavy atom. The Balaban J connectivity index is 2.11. The number of amides is 9. The molecule has 502 valence electrons. The summed E-state index contributed by atoms with van der Waals surface area (Å²) >= 11 is 0. The molecular formula is C56H109N23O9. The van der Waals surface area contributed by atoms with Crippen molar-refractivity contribution in [3.8, 4) is 0 Å². The maximum atomic E-state index is 14.0. The van der Waals surface area contributed by atoms with Crippen LogP contribution in [0.25, 0.3) is 0 Å². The minimum Gasteiger partial charge on any atom is -0.370 e. The highest BCUT2D eigenvalue weighted by atomic mass is 16.2. The quantitative estimate of drug-likeness (QED) is 0.0154. The number of nitrogens with zero attached hydrogens (tertiary/aromatic N) is 3. The highest BCUT2D eigenvalue weighted by Crippen LogP contribution is 2.27. The van der Waals surface area contributed by atoms with Gasteiger partial charge in [-0.25, -0.2) is 0 Å². The van der Waals surface area contributed by atoms with Crippen LogP contribution < -0.4 is 111 Å². The number of carbonyl (C=O) groups is 9. The molecule has 2 saturated carbocycles. The zero-order valence-electron chi connectivity index (χ0n) is 51.6. The molecule has 2 aliphatic rings. The third-order valence-electron chi connectivity index (χ3n) is 15.7. The van der Waals surface area contributed by atoms with E-state index < -0.39 is 95.5 Å². The fourth-order valence-corrected chi connectivity index (χ4v) is 10.5. The van der Waals surface area contributed by atoms with Gasteiger partial charge in [0.15, 0.2) is 17.9 Å². The minimum atomic E-state index is -1.17. The lowest BCUT2D eigenvalue weighted by molar-refractivity contribution is -0.135. The molecule has 0 spiro atoms. The van der Waals surface area contributed by atoms with Crippen LogP contribution in [0.1, 0.15) is 167 Å². The molecule has 0 heterocycles. The van der Waals surface area contributed by atoms with Crippen LogP contribution in [-0.2, 0) is 43.2 Å². The van der Waals surface area contributed by atoms with Crippen LogP contribution >= 0.6 is 0 Å². The first-order valence-electron chi connectivity index (χ1n) is 31.5. The van der Waals surface area contributed by atoms with Crippen molar-refractivity contribution in [3.05, 3.63) is 0 Å². The van der Waals surface area contributed by atoms with Crippen molar-refractivity contribution in [1.29, 1.82) is 0 Å². The molecule has 0 aromatic rings. The smallest absolute Gasteiger partial charge is 0.243 e. The molecule has 0 aromatic carbocycles. The Hall–Kier alpha value is -7.16. The van der Waals surface area contributed by atoms with Gasteiger partial charge in [-0.3, -0.25) is 58.1 Å². The first-order valence-corrected chi connectivity index (χ1v) is 31.5. The summed E-state index contributed by atoms with van der Waals surface area (Å²) in [6, 6.07) is -7.62. The second-order valence-electron chi connectivity index (χ2n) is 23.0. The number of aliphatic imine (C=N–C) groups is 3. The summed E-state index contributed by atoms with van der Waals surface area (Å²) in [5.74, 6) is -5.94. The van der Waals surface area contributed by atoms with Crippen LogP contribution in [0, 0.1) is 11.8 Å². The topological polar surface area (TPSA) is 599 Å². The lowest BCUT2D eigenvalue weighted by Gasteiger charge is -2.32. The van der Waals surface area contributed by atoms with E-state index in [4.69, 9.17) is 68.8 Å². The Morgan fingerprint density at radius 3 is 0.932 bits per heavy atom. The van der Waals surface area contributed by atoms with Crippen molar-refractivity contribution < 1.29 is 43.2 Å². The number of hydrogen-bond donors (Lipinski definition) is 20. The lowest BCUT2D eigenvalue weighted by atomic mass is 9.84. The first kappa shape index (κ1) is 76.9. The van der Waals surface area contributed by atoms with Crippen molar-refractivity contribution in [2.45, 2.75) is 221 Å². The number of nitrogens with two attached hydrogens (primary N) is 12. The molecule has 0 saturated heterocycles. The van der Waals surface area contributed by atoms with Crippen molar-refractivity contribution in [3.63, 3.8) is 0 Å². The van der Waals surface area contributed by atoms with Crippen molar-refractivity contribution >= 4 is 71.0 Å². The number of unbranched alkanes of at least 4 members (excludes halogenated alkanes) is 4. The molecule has 32 heteroatoms. The number of carbonyl (C=O) groups excluding carboxylic acids is 9. The molecule has 32 nitrogen and oxygen atoms in total. The second-order valence-corrected chi connectivity index (χ2v) is 23.0. The van der Waals surface area contributed by atoms with E-state index in [2.05, 4.69) is 57.5 Å². The standard InChI is InChI=1S/C56H109N23O9/c57-27-5-1-13-39(45(62)80)74-51(86)44(18-11-33-71-56(67)68)79-53(88)43(17-10-32-70-55(65)66)76-47(82)35-21-23-36(24-22-35)72-49(84)40(14-2-6-28-58)75-46(81)34-19-25-37(26-20-34)73-50(85)41(15-3-7-29-59)78-52(87)42(16-4-8-30-60)77-48(83)38(61)12-9-31-69-54(63)64/h34-44H,1-33,57-61H2,(H2,62,80)(H,72,84)(H,73,85)(H,74,86)(H,75,81)(H,76,82)(H,77,83)(H,78,87)(H,79,88)(H4,63,64,69)(H4,65,66,70)(H4,67,68,71)/t34?,35?,36?,37?,38-,39-,40-,41-,42-,43-,44-/m0/s1. The molecule has 2 fully saturated rings. The van der Waals surface area contributed by atoms with Crippen LogP contribution in [0.5, 0.6) is 0 Å². The number of rotatable bonds is 45. The van der Waals surface area contributed by atoms with E-state index in [1.165, 1.54) is 0 Å². The molecule has 0 bridgehead atoms. The Bertz CT molecular complexity index is 2230. The van der Waals surface area contributed by atoms with Crippen LogP contribution in [0.2, 0.25) is 0 Å². The van der Waals surface area contributed by atoms with Crippen molar-refractivity contribution in [2.24, 2.45) is 95.6 Å². The number of guanidine groups is 3. The van der Waals surface area contributed by atoms with Crippen molar-refractivity contribution in [1.82, 2.24) is 42.5 Å². The highest BCUT2D eigenvalue weighted by Gasteiger charge is 2.36. The van der Waals surface area contributed by atoms with Gasteiger partial charge in [0, 0.05) is 43.6 Å². The van der Waals surface area contributed by atoms with E-state index >= 15 is 0 Å². The summed E-state index contributed by atoms with van der Waals surface area (Å²) in [4.78, 5) is 134. The molecule has 0 unspecified atom stereocenters. The molecule has 88 heavy (non-hydrogen) atoms. The zero-order valence-corrected chi connectivity index (χ0v) is 51.6. The molecule has 0 aromatic heterocycles. The monoisotopic (exact) mass is 1250 g/mol. The molecular weight excluding hydrogens is 1140 g/mol. The average molecular weight is 1250 g/mol. The van der Waals surface area contributed by atoms with E-state index in [-0.39, 0.29) is 106 Å². The summed E-state index contributed by atoms with van der Waals surface area (Å²) < 4.78 is 0. The molecule has 32 N–H and O–H groups in total. The predicted octanol–water partition coefficient (Wildman–Crippen LogP) is -5.27. The lowest BCUT2D eigenvalue weighted by Crippen LogP contribution is -2.57. The minimum absolute atomic E-state index is 0.0720. The summed E-state index contributed by atoms with van der Waals surface area (Å²) in [6.45, 7) is 2.14. The number of hydrogen-bond acceptors (Lipinski definition) is 17. The van der Waals surface area contributed by atoms with Crippen LogP contribution in [-0.4, -0.2) is 171 Å². The normalized spacial score (nSPS) is 18.8. The summed E-state index contributed by atoms with van der Waals surface area (Å²) in [7, 11) is 0. The zero-order chi connectivity index (χ0) is 65.4. The summed E-state index contributed by atoms with van der Waals surface area (Å²) in [6.07, 6.45) is 10.6. The Labute approximate surface area is 517 Å². The number of nitrogens with one attached hydrogen (secondary N) is 8. The number of primary amides is 1. The largest absolute Gasteiger partial charge is 0.370 e. The van der Waals surface area contributed by atoms with E-state index in [1.54, 1.807) is 0 Å². The Morgan fingerprint density at radius 2 is 0.602 bits per heavy atom. The molecule has 2 aliphatic carbocycles. The fraction of sp³-hybridized carbons (Fsp3) is 0.786. The van der Waals surface area contributed by atoms with E-state index in [0.29, 0.717) is 148 Å². The third kappa shape index (κ3) is 32.2. The summed E-state index contributed by atoms with van der Waals surface area (Å²) in [5.41, 5.74) is 67.5. The third-order valence-corrected chi connectivity index (χ3v) is 15.7. The molecule has 0 radical (unpaired) electrons. The van der Waals surface area contributed by atoms with Gasteiger partial charge in [-0.1, -0.05) is 0 Å². The second kappa shape index (κ2) is 44.3. The van der Waals surface area contributed by atoms with Crippen LogP contribution in [0.4, 0.5) is 0 Å². The van der Waals surface area contributed by atoms with Gasteiger partial charge in [-0.15, -0.1) is 0 Å². The van der Waals surface area contributed by atoms with Gasteiger partial charge in [-0.05, 0) is 193 Å². The van der Waals surface area contributed by atoms with E-state index in [9.17, 15) is 43.2 Å². The SMILES string of the molecule is NCCCC[C@H](NC(=O)[C@H](CCCN=C(N)N)NC(=O)[C@H](CCCN=C(N)N)NC(=O)C1CCC(NC(=O)[C@H](CCCCN)NC(=O)C2CCC(NC(=O)[C@H](CCCCN)NC(=O)[C@H](CCCCN)NC(=O)[C@@H](N)CCCN=C(N)N)CC2)CC1)C(N)=O. The van der Waals surface area contributed by atoms with E-state index in [0.717, 1.165) is 0 Å². The predicted molar refractivity (Wildman–Crippen MR) is 338 cm³/mol. The van der Waals surface area contributed by atoms with Gasteiger partial charge in [-0.2, -0.15) is 0 Å². The van der Waals surface area contributed by atoms with Gasteiger partial charge in [0.1, 0.15) is 36.3 Å². The van der Waals surface area contributed by atoms with Crippen molar-refractivity contribution in [2.75, 3.05) is 45.8 Å². The molecule has 9 amide bonds. The van der Waals surface area contributed by atoms with Crippen LogP contribution in [0.15, 0.2) is 15.0 Å². The maximum Gasteiger partial charge on any atom is 0.243 e. The molecule has 0 aliphatic heterocycles. The average Bonchev–Trinajstić information content (AvgIpc) is 3.70. The molecule has 2 rings (SSSR count). The maximum absolute atomic E-state index is 14.0. The van der Waals surface area contributed by atoms with Gasteiger partial charge >= 0.3 is 0 Å². The first-order chi connectivity index (χ1) is 42.0. The van der Waals surface area contributed by atoms with Gasteiger partial charge in [0.2, 0.25) is 53.2 Å². The van der Waals surface area contributed by atoms with E-state index in [1.807, 2.05) is 0 Å². The fourth-order valence-electron chi connectivity index (χ4n) is 10.5. The van der Waals surface area contributed by atoms with Crippen LogP contribution in [0.3, 0.4) is 0 Å².